The Balaban J connectivity index is 2.08. The first-order chi connectivity index (χ1) is 12.6. The third kappa shape index (κ3) is 5.80. The van der Waals surface area contributed by atoms with Gasteiger partial charge in [-0.2, -0.15) is 0 Å². The van der Waals surface area contributed by atoms with Crippen molar-refractivity contribution in [1.29, 1.82) is 0 Å². The van der Waals surface area contributed by atoms with Crippen LogP contribution in [-0.4, -0.2) is 56.8 Å². The van der Waals surface area contributed by atoms with Crippen LogP contribution in [0, 0.1) is 0 Å². The second-order valence-corrected chi connectivity index (χ2v) is 6.65. The zero-order valence-corrected chi connectivity index (χ0v) is 16.9. The van der Waals surface area contributed by atoms with Gasteiger partial charge >= 0.3 is 0 Å². The summed E-state index contributed by atoms with van der Waals surface area (Å²) in [5.41, 5.74) is 2.28. The van der Waals surface area contributed by atoms with Crippen LogP contribution < -0.4 is 20.1 Å². The fourth-order valence-electron chi connectivity index (χ4n) is 2.92. The molecule has 0 radical (unpaired) electrons. The van der Waals surface area contributed by atoms with Gasteiger partial charge in [-0.25, -0.2) is 4.99 Å². The number of nitrogens with one attached hydrogen (secondary N) is 2. The van der Waals surface area contributed by atoms with E-state index in [1.807, 2.05) is 6.92 Å². The van der Waals surface area contributed by atoms with Crippen LogP contribution in [0.3, 0.4) is 0 Å². The van der Waals surface area contributed by atoms with E-state index in [4.69, 9.17) is 14.5 Å². The Morgan fingerprint density at radius 3 is 2.81 bits per heavy atom. The standard InChI is InChI=1S/C20H34N4O2/c1-6-21-20(22-9-10-24(5)7-2)23-14-17-13-19-16(11-15(4)26-19)12-18(17)25-8-3/h12-13,15H,6-11,14H2,1-5H3,(H2,21,22,23). The van der Waals surface area contributed by atoms with E-state index in [1.165, 1.54) is 5.56 Å². The summed E-state index contributed by atoms with van der Waals surface area (Å²) in [6.07, 6.45) is 1.17. The van der Waals surface area contributed by atoms with Crippen molar-refractivity contribution in [2.24, 2.45) is 4.99 Å². The van der Waals surface area contributed by atoms with Gasteiger partial charge in [0.05, 0.1) is 13.2 Å². The number of aliphatic imine (C=N–C) groups is 1. The van der Waals surface area contributed by atoms with E-state index in [1.54, 1.807) is 0 Å². The van der Waals surface area contributed by atoms with E-state index < -0.39 is 0 Å². The van der Waals surface area contributed by atoms with E-state index >= 15 is 0 Å². The van der Waals surface area contributed by atoms with Crippen molar-refractivity contribution in [3.05, 3.63) is 23.3 Å². The van der Waals surface area contributed by atoms with Crippen LogP contribution in [0.15, 0.2) is 17.1 Å². The largest absolute Gasteiger partial charge is 0.494 e. The molecule has 0 spiro atoms. The minimum absolute atomic E-state index is 0.229. The lowest BCUT2D eigenvalue weighted by Gasteiger charge is -2.16. The maximum Gasteiger partial charge on any atom is 0.191 e. The SMILES string of the molecule is CCNC(=NCc1cc2c(cc1OCC)CC(C)O2)NCCN(C)CC. The van der Waals surface area contributed by atoms with Gasteiger partial charge in [-0.3, -0.25) is 0 Å². The minimum atomic E-state index is 0.229. The molecule has 1 heterocycles. The number of hydrogen-bond donors (Lipinski definition) is 2. The van der Waals surface area contributed by atoms with Crippen LogP contribution in [0.1, 0.15) is 38.8 Å². The molecule has 6 heteroatoms. The molecular weight excluding hydrogens is 328 g/mol. The average Bonchev–Trinajstić information content (AvgIpc) is 2.98. The van der Waals surface area contributed by atoms with Crippen molar-refractivity contribution in [1.82, 2.24) is 15.5 Å². The van der Waals surface area contributed by atoms with E-state index in [0.717, 1.165) is 55.6 Å². The Kier molecular flexibility index (Phi) is 8.04. The monoisotopic (exact) mass is 362 g/mol. The predicted molar refractivity (Wildman–Crippen MR) is 107 cm³/mol. The predicted octanol–water partition coefficient (Wildman–Crippen LogP) is 2.42. The maximum atomic E-state index is 5.90. The van der Waals surface area contributed by atoms with Gasteiger partial charge in [-0.1, -0.05) is 6.92 Å². The van der Waals surface area contributed by atoms with Gasteiger partial charge in [0, 0.05) is 37.2 Å². The van der Waals surface area contributed by atoms with Gasteiger partial charge in [-0.05, 0) is 46.5 Å². The highest BCUT2D eigenvalue weighted by atomic mass is 16.5. The first-order valence-electron chi connectivity index (χ1n) is 9.73. The Morgan fingerprint density at radius 1 is 1.31 bits per heavy atom. The number of fused-ring (bicyclic) bond motifs is 1. The van der Waals surface area contributed by atoms with Gasteiger partial charge in [0.2, 0.25) is 0 Å². The number of ether oxygens (including phenoxy) is 2. The molecule has 1 aromatic rings. The molecule has 0 saturated heterocycles. The number of rotatable bonds is 9. The van der Waals surface area contributed by atoms with Crippen molar-refractivity contribution in [3.8, 4) is 11.5 Å². The topological polar surface area (TPSA) is 58.1 Å². The lowest BCUT2D eigenvalue weighted by molar-refractivity contribution is 0.254. The second kappa shape index (κ2) is 10.3. The van der Waals surface area contributed by atoms with Crippen molar-refractivity contribution >= 4 is 5.96 Å². The summed E-state index contributed by atoms with van der Waals surface area (Å²) in [7, 11) is 2.12. The van der Waals surface area contributed by atoms with Crippen LogP contribution in [0.25, 0.3) is 0 Å². The Labute approximate surface area is 158 Å². The first-order valence-corrected chi connectivity index (χ1v) is 9.73. The van der Waals surface area contributed by atoms with E-state index in [-0.39, 0.29) is 6.10 Å². The molecule has 1 atom stereocenters. The lowest BCUT2D eigenvalue weighted by atomic mass is 10.1. The number of benzene rings is 1. The van der Waals surface area contributed by atoms with Crippen LogP contribution in [0.4, 0.5) is 0 Å². The molecule has 0 aliphatic carbocycles. The fraction of sp³-hybridized carbons (Fsp3) is 0.650. The number of likely N-dealkylation sites (N-methyl/N-ethyl adjacent to an activating group) is 1. The Hall–Kier alpha value is -1.95. The van der Waals surface area contributed by atoms with Crippen molar-refractivity contribution in [2.45, 2.75) is 46.8 Å². The summed E-state index contributed by atoms with van der Waals surface area (Å²) in [6.45, 7) is 13.3. The first kappa shape index (κ1) is 20.4. The number of hydrogen-bond acceptors (Lipinski definition) is 4. The highest BCUT2D eigenvalue weighted by Gasteiger charge is 2.21. The van der Waals surface area contributed by atoms with Crippen molar-refractivity contribution in [2.75, 3.05) is 39.8 Å². The second-order valence-electron chi connectivity index (χ2n) is 6.65. The summed E-state index contributed by atoms with van der Waals surface area (Å²) in [5.74, 6) is 2.71. The van der Waals surface area contributed by atoms with Crippen LogP contribution in [0.5, 0.6) is 11.5 Å². The summed E-state index contributed by atoms with van der Waals surface area (Å²) >= 11 is 0. The van der Waals surface area contributed by atoms with E-state index in [0.29, 0.717) is 13.2 Å². The summed E-state index contributed by atoms with van der Waals surface area (Å²) in [6, 6.07) is 4.20. The molecule has 0 fully saturated rings. The molecule has 1 aliphatic heterocycles. The molecule has 1 aromatic carbocycles. The summed E-state index contributed by atoms with van der Waals surface area (Å²) < 4.78 is 11.7. The molecule has 2 N–H and O–H groups in total. The highest BCUT2D eigenvalue weighted by Crippen LogP contribution is 2.35. The third-order valence-corrected chi connectivity index (χ3v) is 4.46. The molecule has 6 nitrogen and oxygen atoms in total. The van der Waals surface area contributed by atoms with Crippen LogP contribution in [-0.2, 0) is 13.0 Å². The van der Waals surface area contributed by atoms with Crippen molar-refractivity contribution in [3.63, 3.8) is 0 Å². The quantitative estimate of drug-likeness (QED) is 0.522. The van der Waals surface area contributed by atoms with Gasteiger partial charge < -0.3 is 25.0 Å². The van der Waals surface area contributed by atoms with Crippen LogP contribution >= 0.6 is 0 Å². The molecule has 26 heavy (non-hydrogen) atoms. The zero-order chi connectivity index (χ0) is 18.9. The number of guanidine groups is 1. The normalized spacial score (nSPS) is 16.4. The lowest BCUT2D eigenvalue weighted by Crippen LogP contribution is -2.40. The van der Waals surface area contributed by atoms with E-state index in [2.05, 4.69) is 55.5 Å². The molecule has 0 aromatic heterocycles. The molecule has 1 aliphatic rings. The minimum Gasteiger partial charge on any atom is -0.494 e. The molecular formula is C20H34N4O2. The Morgan fingerprint density at radius 2 is 2.12 bits per heavy atom. The highest BCUT2D eigenvalue weighted by molar-refractivity contribution is 5.79. The molecule has 146 valence electrons. The average molecular weight is 363 g/mol. The van der Waals surface area contributed by atoms with Crippen LogP contribution in [0.2, 0.25) is 0 Å². The molecule has 1 unspecified atom stereocenters. The fourth-order valence-corrected chi connectivity index (χ4v) is 2.92. The van der Waals surface area contributed by atoms with Crippen molar-refractivity contribution < 1.29 is 9.47 Å². The summed E-state index contributed by atoms with van der Waals surface area (Å²) in [4.78, 5) is 7.00. The van der Waals surface area contributed by atoms with Gasteiger partial charge in [0.15, 0.2) is 5.96 Å². The smallest absolute Gasteiger partial charge is 0.191 e. The van der Waals surface area contributed by atoms with E-state index in [9.17, 15) is 0 Å². The summed E-state index contributed by atoms with van der Waals surface area (Å²) in [5, 5.41) is 6.70. The number of nitrogens with zero attached hydrogens (tertiary/aromatic N) is 2. The molecule has 0 bridgehead atoms. The van der Waals surface area contributed by atoms with Gasteiger partial charge in [0.1, 0.15) is 17.6 Å². The third-order valence-electron chi connectivity index (χ3n) is 4.46. The molecule has 0 saturated carbocycles. The van der Waals surface area contributed by atoms with Gasteiger partial charge in [-0.15, -0.1) is 0 Å². The Bertz CT molecular complexity index is 604. The molecule has 2 rings (SSSR count). The zero-order valence-electron chi connectivity index (χ0n) is 16.9. The van der Waals surface area contributed by atoms with Gasteiger partial charge in [0.25, 0.3) is 0 Å². The molecule has 0 amide bonds. The maximum absolute atomic E-state index is 5.90.